The Morgan fingerprint density at radius 1 is 0.800 bits per heavy atom. The smallest absolute Gasteiger partial charge is 0.317 e. The first-order valence-electron chi connectivity index (χ1n) is 9.67. The van der Waals surface area contributed by atoms with Crippen molar-refractivity contribution < 1.29 is 14.4 Å². The predicted molar refractivity (Wildman–Crippen MR) is 94.0 cm³/mol. The number of hydrogen-bond donors (Lipinski definition) is 1. The topological polar surface area (TPSA) is 73.0 Å². The van der Waals surface area contributed by atoms with Gasteiger partial charge in [-0.3, -0.25) is 9.59 Å². The van der Waals surface area contributed by atoms with Gasteiger partial charge in [-0.2, -0.15) is 0 Å². The number of nitrogens with zero attached hydrogens (tertiary/aromatic N) is 3. The van der Waals surface area contributed by atoms with Crippen LogP contribution in [0.4, 0.5) is 4.79 Å². The maximum absolute atomic E-state index is 12.7. The van der Waals surface area contributed by atoms with Crippen molar-refractivity contribution in [1.29, 1.82) is 0 Å². The van der Waals surface area contributed by atoms with Crippen molar-refractivity contribution in [3.05, 3.63) is 0 Å². The zero-order valence-corrected chi connectivity index (χ0v) is 15.2. The molecule has 0 aromatic heterocycles. The number of rotatable bonds is 2. The summed E-state index contributed by atoms with van der Waals surface area (Å²) in [6.45, 7) is 4.45. The molecule has 3 fully saturated rings. The van der Waals surface area contributed by atoms with Gasteiger partial charge >= 0.3 is 6.03 Å². The molecule has 3 rings (SSSR count). The summed E-state index contributed by atoms with van der Waals surface area (Å²) in [5.41, 5.74) is 0. The molecule has 25 heavy (non-hydrogen) atoms. The number of nitrogens with one attached hydrogen (secondary N) is 1. The normalized spacial score (nSPS) is 25.2. The van der Waals surface area contributed by atoms with Gasteiger partial charge in [0.1, 0.15) is 6.04 Å². The molecule has 2 saturated heterocycles. The second-order valence-electron chi connectivity index (χ2n) is 7.47. The summed E-state index contributed by atoms with van der Waals surface area (Å²) in [4.78, 5) is 42.1. The SMILES string of the molecule is CC(=O)N1CCCC1C(=O)N1CCN(C(=O)NC2CCCCC2)CC1. The lowest BCUT2D eigenvalue weighted by Gasteiger charge is -2.38. The van der Waals surface area contributed by atoms with Crippen molar-refractivity contribution in [2.24, 2.45) is 0 Å². The van der Waals surface area contributed by atoms with Crippen LogP contribution < -0.4 is 5.32 Å². The van der Waals surface area contributed by atoms with Crippen LogP contribution in [-0.4, -0.2) is 77.4 Å². The van der Waals surface area contributed by atoms with Crippen LogP contribution in [0.15, 0.2) is 0 Å². The molecule has 0 spiro atoms. The van der Waals surface area contributed by atoms with E-state index in [1.807, 2.05) is 9.80 Å². The molecule has 7 nitrogen and oxygen atoms in total. The second-order valence-corrected chi connectivity index (χ2v) is 7.47. The predicted octanol–water partition coefficient (Wildman–Crippen LogP) is 1.18. The largest absolute Gasteiger partial charge is 0.337 e. The van der Waals surface area contributed by atoms with Gasteiger partial charge in [-0.25, -0.2) is 4.79 Å². The van der Waals surface area contributed by atoms with Crippen LogP contribution in [0.5, 0.6) is 0 Å². The fraction of sp³-hybridized carbons (Fsp3) is 0.833. The summed E-state index contributed by atoms with van der Waals surface area (Å²) < 4.78 is 0. The first-order valence-corrected chi connectivity index (χ1v) is 9.67. The van der Waals surface area contributed by atoms with Gasteiger partial charge in [0.05, 0.1) is 0 Å². The molecule has 0 radical (unpaired) electrons. The van der Waals surface area contributed by atoms with Crippen molar-refractivity contribution in [2.45, 2.75) is 64.0 Å². The minimum atomic E-state index is -0.305. The minimum Gasteiger partial charge on any atom is -0.337 e. The number of hydrogen-bond acceptors (Lipinski definition) is 3. The average Bonchev–Trinajstić information content (AvgIpc) is 3.12. The Bertz CT molecular complexity index is 510. The summed E-state index contributed by atoms with van der Waals surface area (Å²) in [6, 6.07) is 0.00821. The molecular weight excluding hydrogens is 320 g/mol. The molecule has 1 N–H and O–H groups in total. The third-order valence-electron chi connectivity index (χ3n) is 5.75. The van der Waals surface area contributed by atoms with Crippen LogP contribution in [0.25, 0.3) is 0 Å². The van der Waals surface area contributed by atoms with Gasteiger partial charge in [0, 0.05) is 45.7 Å². The van der Waals surface area contributed by atoms with E-state index in [-0.39, 0.29) is 23.9 Å². The summed E-state index contributed by atoms with van der Waals surface area (Å²) in [5, 5.41) is 3.14. The molecule has 0 bridgehead atoms. The number of piperazine rings is 1. The highest BCUT2D eigenvalue weighted by atomic mass is 16.2. The van der Waals surface area contributed by atoms with E-state index in [4.69, 9.17) is 0 Å². The summed E-state index contributed by atoms with van der Waals surface area (Å²) in [6.07, 6.45) is 7.45. The maximum atomic E-state index is 12.7. The van der Waals surface area contributed by atoms with E-state index in [0.717, 1.165) is 25.7 Å². The van der Waals surface area contributed by atoms with Gasteiger partial charge < -0.3 is 20.0 Å². The summed E-state index contributed by atoms with van der Waals surface area (Å²) in [7, 11) is 0. The molecule has 3 aliphatic rings. The van der Waals surface area contributed by atoms with E-state index in [2.05, 4.69) is 5.32 Å². The monoisotopic (exact) mass is 350 g/mol. The van der Waals surface area contributed by atoms with Crippen LogP contribution in [0.3, 0.4) is 0 Å². The van der Waals surface area contributed by atoms with Crippen LogP contribution in [0.1, 0.15) is 51.9 Å². The van der Waals surface area contributed by atoms with Crippen LogP contribution >= 0.6 is 0 Å². The van der Waals surface area contributed by atoms with Gasteiger partial charge in [-0.1, -0.05) is 19.3 Å². The number of likely N-dealkylation sites (tertiary alicyclic amines) is 1. The van der Waals surface area contributed by atoms with Crippen molar-refractivity contribution in [2.75, 3.05) is 32.7 Å². The molecule has 0 aromatic rings. The molecule has 140 valence electrons. The highest BCUT2D eigenvalue weighted by Crippen LogP contribution is 2.21. The van der Waals surface area contributed by atoms with E-state index in [9.17, 15) is 14.4 Å². The lowest BCUT2D eigenvalue weighted by Crippen LogP contribution is -2.57. The molecule has 7 heteroatoms. The standard InChI is InChI=1S/C18H30N4O3/c1-14(23)22-9-5-8-16(22)17(24)20-10-12-21(13-11-20)18(25)19-15-6-3-2-4-7-15/h15-16H,2-13H2,1H3,(H,19,25). The lowest BCUT2D eigenvalue weighted by atomic mass is 9.96. The van der Waals surface area contributed by atoms with Gasteiger partial charge in [0.15, 0.2) is 0 Å². The Morgan fingerprint density at radius 2 is 1.44 bits per heavy atom. The lowest BCUT2D eigenvalue weighted by molar-refractivity contribution is -0.143. The van der Waals surface area contributed by atoms with E-state index in [0.29, 0.717) is 38.8 Å². The second kappa shape index (κ2) is 8.06. The fourth-order valence-corrected chi connectivity index (χ4v) is 4.25. The average molecular weight is 350 g/mol. The molecule has 1 atom stereocenters. The van der Waals surface area contributed by atoms with Crippen LogP contribution in [0.2, 0.25) is 0 Å². The number of carbonyl (C=O) groups is 3. The molecule has 4 amide bonds. The Labute approximate surface area is 149 Å². The van der Waals surface area contributed by atoms with Crippen molar-refractivity contribution in [1.82, 2.24) is 20.0 Å². The first kappa shape index (κ1) is 18.0. The molecule has 0 aromatic carbocycles. The van der Waals surface area contributed by atoms with Crippen molar-refractivity contribution >= 4 is 17.8 Å². The summed E-state index contributed by atoms with van der Waals surface area (Å²) >= 11 is 0. The summed E-state index contributed by atoms with van der Waals surface area (Å²) in [5.74, 6) is 0.0152. The molecular formula is C18H30N4O3. The Balaban J connectivity index is 1.47. The van der Waals surface area contributed by atoms with E-state index < -0.39 is 0 Å². The van der Waals surface area contributed by atoms with E-state index in [1.165, 1.54) is 26.2 Å². The van der Waals surface area contributed by atoms with Crippen molar-refractivity contribution in [3.63, 3.8) is 0 Å². The Morgan fingerprint density at radius 3 is 2.08 bits per heavy atom. The van der Waals surface area contributed by atoms with Crippen molar-refractivity contribution in [3.8, 4) is 0 Å². The third-order valence-corrected chi connectivity index (χ3v) is 5.75. The maximum Gasteiger partial charge on any atom is 0.317 e. The molecule has 2 aliphatic heterocycles. The van der Waals surface area contributed by atoms with Gasteiger partial charge in [-0.15, -0.1) is 0 Å². The van der Waals surface area contributed by atoms with E-state index in [1.54, 1.807) is 4.90 Å². The number of carbonyl (C=O) groups excluding carboxylic acids is 3. The highest BCUT2D eigenvalue weighted by molar-refractivity contribution is 5.87. The Kier molecular flexibility index (Phi) is 5.81. The van der Waals surface area contributed by atoms with Crippen LogP contribution in [-0.2, 0) is 9.59 Å². The zero-order chi connectivity index (χ0) is 17.8. The molecule has 1 aliphatic carbocycles. The molecule has 1 saturated carbocycles. The van der Waals surface area contributed by atoms with Gasteiger partial charge in [0.2, 0.25) is 11.8 Å². The van der Waals surface area contributed by atoms with Gasteiger partial charge in [-0.05, 0) is 25.7 Å². The Hall–Kier alpha value is -1.79. The fourth-order valence-electron chi connectivity index (χ4n) is 4.25. The quantitative estimate of drug-likeness (QED) is 0.813. The number of amides is 4. The van der Waals surface area contributed by atoms with E-state index >= 15 is 0 Å². The van der Waals surface area contributed by atoms with Crippen LogP contribution in [0, 0.1) is 0 Å². The molecule has 1 unspecified atom stereocenters. The molecule has 2 heterocycles. The first-order chi connectivity index (χ1) is 12.1. The highest BCUT2D eigenvalue weighted by Gasteiger charge is 2.36. The number of urea groups is 1. The minimum absolute atomic E-state index is 0.00484. The zero-order valence-electron chi connectivity index (χ0n) is 15.2. The van der Waals surface area contributed by atoms with Gasteiger partial charge in [0.25, 0.3) is 0 Å². The third kappa shape index (κ3) is 4.25.